The molecule has 0 aliphatic carbocycles. The highest BCUT2D eigenvalue weighted by atomic mass is 35.5. The highest BCUT2D eigenvalue weighted by Crippen LogP contribution is 2.30. The number of benzene rings is 1. The van der Waals surface area contributed by atoms with Crippen LogP contribution in [0.15, 0.2) is 12.1 Å². The molecule has 0 fully saturated rings. The molecule has 0 saturated heterocycles. The fraction of sp³-hybridized carbons (Fsp3) is 0.273. The van der Waals surface area contributed by atoms with Crippen molar-refractivity contribution in [3.63, 3.8) is 0 Å². The Bertz CT molecular complexity index is 560. The third-order valence-corrected chi connectivity index (χ3v) is 2.53. The molecule has 0 atom stereocenters. The Kier molecular flexibility index (Phi) is 5.42. The SMILES string of the molecule is Cc1cc([N+](=O)[O-])c(Cl)cc1NC(=O)COCC(=O)O. The number of hydrogen-bond donors (Lipinski definition) is 2. The molecule has 108 valence electrons. The van der Waals surface area contributed by atoms with Crippen LogP contribution >= 0.6 is 11.6 Å². The molecule has 0 aliphatic rings. The number of nitrogens with one attached hydrogen (secondary N) is 1. The molecule has 0 unspecified atom stereocenters. The number of anilines is 1. The summed E-state index contributed by atoms with van der Waals surface area (Å²) in [5.41, 5.74) is 0.488. The number of carboxylic acid groups (broad SMARTS) is 1. The Labute approximate surface area is 118 Å². The van der Waals surface area contributed by atoms with Gasteiger partial charge in [0.15, 0.2) is 0 Å². The van der Waals surface area contributed by atoms with Crippen molar-refractivity contribution in [2.24, 2.45) is 0 Å². The van der Waals surface area contributed by atoms with Crippen molar-refractivity contribution in [1.82, 2.24) is 0 Å². The van der Waals surface area contributed by atoms with Crippen LogP contribution in [0.1, 0.15) is 5.56 Å². The van der Waals surface area contributed by atoms with Gasteiger partial charge in [-0.3, -0.25) is 14.9 Å². The molecule has 1 amide bonds. The fourth-order valence-electron chi connectivity index (χ4n) is 1.36. The molecule has 0 spiro atoms. The van der Waals surface area contributed by atoms with Gasteiger partial charge in [0.05, 0.1) is 4.92 Å². The van der Waals surface area contributed by atoms with Crippen LogP contribution in [0, 0.1) is 17.0 Å². The second-order valence-electron chi connectivity index (χ2n) is 3.81. The third-order valence-electron chi connectivity index (χ3n) is 2.22. The Morgan fingerprint density at radius 3 is 2.65 bits per heavy atom. The van der Waals surface area contributed by atoms with Gasteiger partial charge in [0, 0.05) is 11.8 Å². The van der Waals surface area contributed by atoms with Gasteiger partial charge in [-0.25, -0.2) is 4.79 Å². The van der Waals surface area contributed by atoms with Crippen molar-refractivity contribution in [3.8, 4) is 0 Å². The molecule has 0 saturated carbocycles. The molecule has 1 rings (SSSR count). The molecule has 9 heteroatoms. The maximum absolute atomic E-state index is 11.5. The van der Waals surface area contributed by atoms with E-state index in [0.717, 1.165) is 0 Å². The first-order chi connectivity index (χ1) is 9.31. The van der Waals surface area contributed by atoms with Crippen molar-refractivity contribution < 1.29 is 24.4 Å². The van der Waals surface area contributed by atoms with E-state index in [1.165, 1.54) is 12.1 Å². The van der Waals surface area contributed by atoms with Gasteiger partial charge in [0.25, 0.3) is 5.69 Å². The Morgan fingerprint density at radius 2 is 2.10 bits per heavy atom. The van der Waals surface area contributed by atoms with E-state index in [0.29, 0.717) is 11.3 Å². The number of aryl methyl sites for hydroxylation is 1. The van der Waals surface area contributed by atoms with E-state index in [1.807, 2.05) is 0 Å². The number of hydrogen-bond acceptors (Lipinski definition) is 5. The van der Waals surface area contributed by atoms with Crippen molar-refractivity contribution >= 4 is 34.9 Å². The van der Waals surface area contributed by atoms with Crippen molar-refractivity contribution in [2.45, 2.75) is 6.92 Å². The summed E-state index contributed by atoms with van der Waals surface area (Å²) >= 11 is 5.72. The molecule has 0 bridgehead atoms. The van der Waals surface area contributed by atoms with Gasteiger partial charge in [0.1, 0.15) is 18.2 Å². The molecule has 0 aromatic heterocycles. The monoisotopic (exact) mass is 302 g/mol. The Morgan fingerprint density at radius 1 is 1.45 bits per heavy atom. The minimum Gasteiger partial charge on any atom is -0.480 e. The summed E-state index contributed by atoms with van der Waals surface area (Å²) in [5, 5.41) is 21.3. The summed E-state index contributed by atoms with van der Waals surface area (Å²) in [5.74, 6) is -1.77. The van der Waals surface area contributed by atoms with E-state index < -0.39 is 30.0 Å². The summed E-state index contributed by atoms with van der Waals surface area (Å²) < 4.78 is 4.61. The predicted molar refractivity (Wildman–Crippen MR) is 69.9 cm³/mol. The Balaban J connectivity index is 2.73. The number of carboxylic acids is 1. The maximum Gasteiger partial charge on any atom is 0.329 e. The van der Waals surface area contributed by atoms with Crippen LogP contribution in [0.3, 0.4) is 0 Å². The van der Waals surface area contributed by atoms with Gasteiger partial charge >= 0.3 is 5.97 Å². The first-order valence-electron chi connectivity index (χ1n) is 5.35. The lowest BCUT2D eigenvalue weighted by atomic mass is 10.2. The van der Waals surface area contributed by atoms with Gasteiger partial charge in [-0.05, 0) is 18.6 Å². The van der Waals surface area contributed by atoms with E-state index >= 15 is 0 Å². The number of nitro benzene ring substituents is 1. The zero-order chi connectivity index (χ0) is 15.3. The van der Waals surface area contributed by atoms with Crippen LogP contribution in [-0.4, -0.2) is 35.1 Å². The smallest absolute Gasteiger partial charge is 0.329 e. The molecule has 1 aromatic carbocycles. The topological polar surface area (TPSA) is 119 Å². The van der Waals surface area contributed by atoms with E-state index in [-0.39, 0.29) is 10.7 Å². The van der Waals surface area contributed by atoms with E-state index in [1.54, 1.807) is 6.92 Å². The highest BCUT2D eigenvalue weighted by Gasteiger charge is 2.16. The summed E-state index contributed by atoms with van der Waals surface area (Å²) in [4.78, 5) is 31.7. The lowest BCUT2D eigenvalue weighted by Crippen LogP contribution is -2.21. The van der Waals surface area contributed by atoms with Crippen LogP contribution in [0.2, 0.25) is 5.02 Å². The average Bonchev–Trinajstić information content (AvgIpc) is 2.32. The summed E-state index contributed by atoms with van der Waals surface area (Å²) in [6, 6.07) is 2.49. The molecule has 2 N–H and O–H groups in total. The zero-order valence-corrected chi connectivity index (χ0v) is 11.1. The van der Waals surface area contributed by atoms with Crippen LogP contribution in [0.4, 0.5) is 11.4 Å². The highest BCUT2D eigenvalue weighted by molar-refractivity contribution is 6.33. The number of ether oxygens (including phenoxy) is 1. The van der Waals surface area contributed by atoms with Crippen molar-refractivity contribution in [2.75, 3.05) is 18.5 Å². The molecular formula is C11H11ClN2O6. The maximum atomic E-state index is 11.5. The van der Waals surface area contributed by atoms with Gasteiger partial charge in [-0.1, -0.05) is 11.6 Å². The summed E-state index contributed by atoms with van der Waals surface area (Å²) in [6.07, 6.45) is 0. The van der Waals surface area contributed by atoms with Gasteiger partial charge < -0.3 is 15.2 Å². The number of amides is 1. The number of nitro groups is 1. The largest absolute Gasteiger partial charge is 0.480 e. The van der Waals surface area contributed by atoms with Crippen molar-refractivity contribution in [3.05, 3.63) is 32.8 Å². The van der Waals surface area contributed by atoms with Crippen LogP contribution in [-0.2, 0) is 14.3 Å². The number of rotatable bonds is 6. The fourth-order valence-corrected chi connectivity index (χ4v) is 1.59. The number of halogens is 1. The molecule has 0 aliphatic heterocycles. The number of carbonyl (C=O) groups excluding carboxylic acids is 1. The molecule has 0 radical (unpaired) electrons. The second-order valence-corrected chi connectivity index (χ2v) is 4.22. The minimum absolute atomic E-state index is 0.109. The average molecular weight is 303 g/mol. The third kappa shape index (κ3) is 4.48. The Hall–Kier alpha value is -2.19. The van der Waals surface area contributed by atoms with Crippen LogP contribution < -0.4 is 5.32 Å². The van der Waals surface area contributed by atoms with E-state index in [4.69, 9.17) is 16.7 Å². The normalized spacial score (nSPS) is 10.1. The van der Waals surface area contributed by atoms with Gasteiger partial charge in [-0.15, -0.1) is 0 Å². The minimum atomic E-state index is -1.19. The number of nitrogens with zero attached hydrogens (tertiary/aromatic N) is 1. The first kappa shape index (κ1) is 15.9. The quantitative estimate of drug-likeness (QED) is 0.608. The molecular weight excluding hydrogens is 292 g/mol. The summed E-state index contributed by atoms with van der Waals surface area (Å²) in [6.45, 7) is 0.533. The summed E-state index contributed by atoms with van der Waals surface area (Å²) in [7, 11) is 0. The lowest BCUT2D eigenvalue weighted by Gasteiger charge is -2.09. The zero-order valence-electron chi connectivity index (χ0n) is 10.4. The predicted octanol–water partition coefficient (Wildman–Crippen LogP) is 1.60. The second kappa shape index (κ2) is 6.83. The molecule has 1 aromatic rings. The number of carbonyl (C=O) groups is 2. The van der Waals surface area contributed by atoms with Crippen LogP contribution in [0.5, 0.6) is 0 Å². The molecule has 8 nitrogen and oxygen atoms in total. The lowest BCUT2D eigenvalue weighted by molar-refractivity contribution is -0.384. The van der Waals surface area contributed by atoms with E-state index in [2.05, 4.69) is 10.1 Å². The standard InChI is InChI=1S/C11H11ClN2O6/c1-6-2-9(14(18)19)7(12)3-8(6)13-10(15)4-20-5-11(16)17/h2-3H,4-5H2,1H3,(H,13,15)(H,16,17). The van der Waals surface area contributed by atoms with Gasteiger partial charge in [-0.2, -0.15) is 0 Å². The first-order valence-corrected chi connectivity index (χ1v) is 5.73. The molecule has 20 heavy (non-hydrogen) atoms. The van der Waals surface area contributed by atoms with Crippen LogP contribution in [0.25, 0.3) is 0 Å². The van der Waals surface area contributed by atoms with Gasteiger partial charge in [0.2, 0.25) is 5.91 Å². The molecule has 0 heterocycles. The van der Waals surface area contributed by atoms with E-state index in [9.17, 15) is 19.7 Å². The number of aliphatic carboxylic acids is 1. The van der Waals surface area contributed by atoms with Crippen molar-refractivity contribution in [1.29, 1.82) is 0 Å².